The molecule has 0 heterocycles. The van der Waals surface area contributed by atoms with Crippen molar-refractivity contribution >= 4 is 69.8 Å². The number of nitrogens with zero attached hydrogens (tertiary/aromatic N) is 1. The van der Waals surface area contributed by atoms with Crippen LogP contribution in [0, 0.1) is 3.57 Å². The number of carbonyl (C=O) groups is 3. The van der Waals surface area contributed by atoms with E-state index in [1.165, 1.54) is 19.4 Å². The number of amides is 2. The van der Waals surface area contributed by atoms with Crippen molar-refractivity contribution in [1.82, 2.24) is 10.7 Å². The van der Waals surface area contributed by atoms with E-state index in [0.29, 0.717) is 25.7 Å². The summed E-state index contributed by atoms with van der Waals surface area (Å²) in [6.07, 6.45) is 0.667. The van der Waals surface area contributed by atoms with E-state index in [4.69, 9.17) is 42.1 Å². The highest BCUT2D eigenvalue weighted by Gasteiger charge is 2.25. The Morgan fingerprint density at radius 3 is 2.44 bits per heavy atom. The molecule has 3 rings (SSSR count). The van der Waals surface area contributed by atoms with Crippen LogP contribution in [0.4, 0.5) is 0 Å². The van der Waals surface area contributed by atoms with Crippen LogP contribution in [0.1, 0.15) is 25.0 Å². The van der Waals surface area contributed by atoms with Gasteiger partial charge in [0.1, 0.15) is 11.8 Å². The Labute approximate surface area is 273 Å². The van der Waals surface area contributed by atoms with E-state index < -0.39 is 29.9 Å². The minimum Gasteiger partial charge on any atom is -0.493 e. The van der Waals surface area contributed by atoms with E-state index >= 15 is 0 Å². The monoisotopic (exact) mass is 741 g/mol. The van der Waals surface area contributed by atoms with Crippen LogP contribution in [0.15, 0.2) is 65.8 Å². The highest BCUT2D eigenvalue weighted by Crippen LogP contribution is 2.33. The van der Waals surface area contributed by atoms with Crippen molar-refractivity contribution in [3.8, 4) is 17.2 Å². The van der Waals surface area contributed by atoms with Crippen LogP contribution < -0.4 is 25.0 Å². The summed E-state index contributed by atoms with van der Waals surface area (Å²) < 4.78 is 22.2. The Balaban J connectivity index is 1.70. The first-order chi connectivity index (χ1) is 20.6. The quantitative estimate of drug-likeness (QED) is 0.101. The van der Waals surface area contributed by atoms with E-state index in [2.05, 4.69) is 15.8 Å². The maximum atomic E-state index is 13.2. The summed E-state index contributed by atoms with van der Waals surface area (Å²) in [4.78, 5) is 37.9. The second-order valence-electron chi connectivity index (χ2n) is 8.95. The third kappa shape index (κ3) is 10.6. The van der Waals surface area contributed by atoms with Crippen LogP contribution in [0.2, 0.25) is 10.0 Å². The fourth-order valence-electron chi connectivity index (χ4n) is 3.70. The third-order valence-electron chi connectivity index (χ3n) is 5.76. The fourth-order valence-corrected chi connectivity index (χ4v) is 4.93. The number of rotatable bonds is 14. The van der Waals surface area contributed by atoms with E-state index in [1.807, 2.05) is 52.9 Å². The largest absolute Gasteiger partial charge is 0.493 e. The Hall–Kier alpha value is -3.55. The van der Waals surface area contributed by atoms with Gasteiger partial charge in [0.25, 0.3) is 11.8 Å². The van der Waals surface area contributed by atoms with Crippen LogP contribution in [0.3, 0.4) is 0 Å². The van der Waals surface area contributed by atoms with Crippen LogP contribution in [0.5, 0.6) is 17.2 Å². The molecule has 0 fully saturated rings. The molecule has 0 spiro atoms. The van der Waals surface area contributed by atoms with E-state index in [-0.39, 0.29) is 30.4 Å². The summed E-state index contributed by atoms with van der Waals surface area (Å²) in [5, 5.41) is 7.50. The van der Waals surface area contributed by atoms with Gasteiger partial charge in [-0.3, -0.25) is 9.59 Å². The normalized spacial score (nSPS) is 12.2. The SMILES string of the molecule is CCOC(=O)COc1c(I)cc(/C=N\NC(=O)[C@H](Cc2ccccc2)NC(=O)[C@H](C)Oc2ccc(Cl)cc2Cl)cc1OC. The summed E-state index contributed by atoms with van der Waals surface area (Å²) in [7, 11) is 1.47. The lowest BCUT2D eigenvalue weighted by Crippen LogP contribution is -2.50. The minimum atomic E-state index is -0.966. The molecule has 10 nitrogen and oxygen atoms in total. The van der Waals surface area contributed by atoms with Gasteiger partial charge in [0.2, 0.25) is 0 Å². The number of halogens is 3. The van der Waals surface area contributed by atoms with Crippen molar-refractivity contribution in [1.29, 1.82) is 0 Å². The van der Waals surface area contributed by atoms with E-state index in [9.17, 15) is 14.4 Å². The number of benzene rings is 3. The second-order valence-corrected chi connectivity index (χ2v) is 11.0. The number of esters is 1. The highest BCUT2D eigenvalue weighted by atomic mass is 127. The Kier molecular flexibility index (Phi) is 13.4. The molecule has 0 unspecified atom stereocenters. The van der Waals surface area contributed by atoms with Crippen LogP contribution >= 0.6 is 45.8 Å². The van der Waals surface area contributed by atoms with Gasteiger partial charge in [-0.05, 0) is 77.9 Å². The fraction of sp³-hybridized carbons (Fsp3) is 0.267. The first-order valence-electron chi connectivity index (χ1n) is 13.1. The van der Waals surface area contributed by atoms with Gasteiger partial charge in [-0.2, -0.15) is 5.10 Å². The molecule has 3 aromatic carbocycles. The molecule has 0 saturated heterocycles. The summed E-state index contributed by atoms with van der Waals surface area (Å²) in [5.74, 6) is -0.539. The molecule has 0 bridgehead atoms. The summed E-state index contributed by atoms with van der Waals surface area (Å²) in [6.45, 7) is 3.24. The molecule has 0 radical (unpaired) electrons. The van der Waals surface area contributed by atoms with Gasteiger partial charge in [0, 0.05) is 11.4 Å². The Morgan fingerprint density at radius 1 is 1.02 bits per heavy atom. The first kappa shape index (κ1) is 33.9. The smallest absolute Gasteiger partial charge is 0.344 e. The molecule has 43 heavy (non-hydrogen) atoms. The van der Waals surface area contributed by atoms with Crippen LogP contribution in [0.25, 0.3) is 0 Å². The van der Waals surface area contributed by atoms with Crippen molar-refractivity contribution in [2.75, 3.05) is 20.3 Å². The van der Waals surface area contributed by atoms with E-state index in [1.54, 1.807) is 38.1 Å². The van der Waals surface area contributed by atoms with Gasteiger partial charge in [0.15, 0.2) is 24.2 Å². The van der Waals surface area contributed by atoms with E-state index in [0.717, 1.165) is 5.56 Å². The van der Waals surface area contributed by atoms with Crippen molar-refractivity contribution in [2.45, 2.75) is 32.4 Å². The zero-order valence-corrected chi connectivity index (χ0v) is 27.2. The number of hydrogen-bond donors (Lipinski definition) is 2. The molecule has 228 valence electrons. The molecule has 2 N–H and O–H groups in total. The summed E-state index contributed by atoms with van der Waals surface area (Å²) >= 11 is 14.2. The minimum absolute atomic E-state index is 0.209. The first-order valence-corrected chi connectivity index (χ1v) is 14.9. The average molecular weight is 742 g/mol. The lowest BCUT2D eigenvalue weighted by Gasteiger charge is -2.21. The van der Waals surface area contributed by atoms with Crippen molar-refractivity contribution < 1.29 is 33.3 Å². The Morgan fingerprint density at radius 2 is 1.77 bits per heavy atom. The molecule has 3 aromatic rings. The zero-order chi connectivity index (χ0) is 31.4. The number of hydrazone groups is 1. The topological polar surface area (TPSA) is 125 Å². The summed E-state index contributed by atoms with van der Waals surface area (Å²) in [6, 6.07) is 16.3. The second kappa shape index (κ2) is 16.9. The number of carbonyl (C=O) groups excluding carboxylic acids is 3. The third-order valence-corrected chi connectivity index (χ3v) is 7.09. The molecule has 0 saturated carbocycles. The van der Waals surface area contributed by atoms with Gasteiger partial charge >= 0.3 is 5.97 Å². The molecule has 2 atom stereocenters. The lowest BCUT2D eigenvalue weighted by atomic mass is 10.1. The standard InChI is InChI=1S/C30H30Cl2IN3O7/c1-4-41-27(37)17-42-28-23(33)12-20(14-26(28)40-3)16-34-36-30(39)24(13-19-8-6-5-7-9-19)35-29(38)18(2)43-25-11-10-21(31)15-22(25)32/h5-12,14-16,18,24H,4,13,17H2,1-3H3,(H,35,38)(H,36,39)/b34-16-/t18-,24-/m0/s1. The number of nitrogens with one attached hydrogen (secondary N) is 2. The molecular formula is C30H30Cl2IN3O7. The molecule has 0 aliphatic carbocycles. The number of methoxy groups -OCH3 is 1. The molecule has 13 heteroatoms. The number of ether oxygens (including phenoxy) is 4. The van der Waals surface area contributed by atoms with Gasteiger partial charge in [0.05, 0.1) is 28.5 Å². The average Bonchev–Trinajstić information content (AvgIpc) is 2.98. The van der Waals surface area contributed by atoms with Gasteiger partial charge in [-0.25, -0.2) is 10.2 Å². The highest BCUT2D eigenvalue weighted by molar-refractivity contribution is 14.1. The number of hydrogen-bond acceptors (Lipinski definition) is 8. The predicted octanol–water partition coefficient (Wildman–Crippen LogP) is 5.19. The molecule has 0 aromatic heterocycles. The van der Waals surface area contributed by atoms with Gasteiger partial charge in [-0.1, -0.05) is 53.5 Å². The van der Waals surface area contributed by atoms with Gasteiger partial charge < -0.3 is 24.3 Å². The van der Waals surface area contributed by atoms with Crippen molar-refractivity contribution in [3.63, 3.8) is 0 Å². The van der Waals surface area contributed by atoms with Crippen LogP contribution in [-0.2, 0) is 25.5 Å². The predicted molar refractivity (Wildman–Crippen MR) is 172 cm³/mol. The molecule has 2 amide bonds. The zero-order valence-electron chi connectivity index (χ0n) is 23.6. The van der Waals surface area contributed by atoms with Crippen molar-refractivity contribution in [3.05, 3.63) is 85.4 Å². The van der Waals surface area contributed by atoms with Crippen molar-refractivity contribution in [2.24, 2.45) is 5.10 Å². The summed E-state index contributed by atoms with van der Waals surface area (Å²) in [5.41, 5.74) is 3.92. The Bertz CT molecular complexity index is 1460. The lowest BCUT2D eigenvalue weighted by molar-refractivity contribution is -0.145. The van der Waals surface area contributed by atoms with Crippen LogP contribution in [-0.4, -0.2) is 56.5 Å². The molecule has 0 aliphatic heterocycles. The maximum absolute atomic E-state index is 13.2. The maximum Gasteiger partial charge on any atom is 0.344 e. The van der Waals surface area contributed by atoms with Gasteiger partial charge in [-0.15, -0.1) is 0 Å². The molecular weight excluding hydrogens is 712 g/mol. The molecule has 0 aliphatic rings.